The lowest BCUT2D eigenvalue weighted by Crippen LogP contribution is -2.25. The molecule has 4 rings (SSSR count). The van der Waals surface area contributed by atoms with Gasteiger partial charge in [-0.25, -0.2) is 4.79 Å². The number of aromatic nitrogens is 4. The van der Waals surface area contributed by atoms with Gasteiger partial charge >= 0.3 is 5.97 Å². The molecule has 1 amide bonds. The summed E-state index contributed by atoms with van der Waals surface area (Å²) in [6.45, 7) is 0.858. The van der Waals surface area contributed by atoms with Gasteiger partial charge in [0.2, 0.25) is 0 Å². The Morgan fingerprint density at radius 1 is 1.33 bits per heavy atom. The first kappa shape index (κ1) is 17.5. The fourth-order valence-electron chi connectivity index (χ4n) is 3.47. The topological polar surface area (TPSA) is 102 Å². The number of hydrogen-bond acceptors (Lipinski definition) is 5. The molecule has 1 aliphatic heterocycles. The van der Waals surface area contributed by atoms with Crippen molar-refractivity contribution in [2.45, 2.75) is 32.4 Å². The van der Waals surface area contributed by atoms with Crippen molar-refractivity contribution in [2.75, 3.05) is 7.11 Å². The summed E-state index contributed by atoms with van der Waals surface area (Å²) >= 11 is 6.22. The van der Waals surface area contributed by atoms with Gasteiger partial charge in [-0.05, 0) is 31.4 Å². The van der Waals surface area contributed by atoms with E-state index in [2.05, 4.69) is 20.6 Å². The van der Waals surface area contributed by atoms with Gasteiger partial charge in [0.1, 0.15) is 5.56 Å². The molecule has 0 saturated carbocycles. The van der Waals surface area contributed by atoms with Crippen LogP contribution in [0.15, 0.2) is 18.3 Å². The number of aromatic amines is 1. The molecule has 0 saturated heterocycles. The van der Waals surface area contributed by atoms with Gasteiger partial charge < -0.3 is 10.1 Å². The molecule has 0 unspecified atom stereocenters. The number of ether oxygens (including phenoxy) is 1. The molecule has 0 spiro atoms. The van der Waals surface area contributed by atoms with Crippen molar-refractivity contribution < 1.29 is 14.3 Å². The van der Waals surface area contributed by atoms with Gasteiger partial charge in [0.05, 0.1) is 47.3 Å². The smallest absolute Gasteiger partial charge is 0.341 e. The average Bonchev–Trinajstić information content (AvgIpc) is 3.29. The van der Waals surface area contributed by atoms with E-state index in [-0.39, 0.29) is 12.5 Å². The van der Waals surface area contributed by atoms with E-state index >= 15 is 0 Å². The molecule has 0 radical (unpaired) electrons. The normalized spacial score (nSPS) is 13.4. The summed E-state index contributed by atoms with van der Waals surface area (Å²) in [7, 11) is 1.34. The fraction of sp³-hybridized carbons (Fsp3) is 0.333. The van der Waals surface area contributed by atoms with Crippen LogP contribution in [0, 0.1) is 0 Å². The molecule has 8 nitrogen and oxygen atoms in total. The van der Waals surface area contributed by atoms with Crippen molar-refractivity contribution in [1.29, 1.82) is 0 Å². The summed E-state index contributed by atoms with van der Waals surface area (Å²) in [6.07, 6.45) is 4.41. The van der Waals surface area contributed by atoms with Crippen LogP contribution in [0.4, 0.5) is 0 Å². The van der Waals surface area contributed by atoms with Crippen LogP contribution in [0.2, 0.25) is 5.02 Å². The van der Waals surface area contributed by atoms with Crippen molar-refractivity contribution >= 4 is 34.4 Å². The number of rotatable bonds is 4. The number of aryl methyl sites for hydroxylation is 1. The number of fused-ring (bicyclic) bond motifs is 2. The second-order valence-corrected chi connectivity index (χ2v) is 6.79. The number of carbonyl (C=O) groups is 2. The van der Waals surface area contributed by atoms with Crippen molar-refractivity contribution in [2.24, 2.45) is 0 Å². The number of benzene rings is 1. The van der Waals surface area contributed by atoms with E-state index in [1.54, 1.807) is 18.3 Å². The lowest BCUT2D eigenvalue weighted by Gasteiger charge is -2.13. The molecule has 0 atom stereocenters. The maximum atomic E-state index is 12.8. The zero-order valence-corrected chi connectivity index (χ0v) is 15.5. The predicted molar refractivity (Wildman–Crippen MR) is 98.8 cm³/mol. The average molecular weight is 388 g/mol. The summed E-state index contributed by atoms with van der Waals surface area (Å²) in [5, 5.41) is 15.2. The number of methoxy groups -OCH3 is 1. The third-order valence-corrected chi connectivity index (χ3v) is 5.08. The van der Waals surface area contributed by atoms with Gasteiger partial charge in [-0.15, -0.1) is 0 Å². The first-order valence-corrected chi connectivity index (χ1v) is 9.04. The number of nitrogens with one attached hydrogen (secondary N) is 2. The van der Waals surface area contributed by atoms with E-state index in [0.29, 0.717) is 27.4 Å². The Morgan fingerprint density at radius 3 is 3.00 bits per heavy atom. The summed E-state index contributed by atoms with van der Waals surface area (Å²) in [6, 6.07) is 3.44. The lowest BCUT2D eigenvalue weighted by molar-refractivity contribution is 0.0597. The van der Waals surface area contributed by atoms with Gasteiger partial charge in [0.25, 0.3) is 5.91 Å². The van der Waals surface area contributed by atoms with Gasteiger partial charge in [-0.1, -0.05) is 11.6 Å². The van der Waals surface area contributed by atoms with E-state index in [9.17, 15) is 9.59 Å². The zero-order chi connectivity index (χ0) is 19.0. The number of hydrogen-bond donors (Lipinski definition) is 2. The Morgan fingerprint density at radius 2 is 2.19 bits per heavy atom. The van der Waals surface area contributed by atoms with Crippen molar-refractivity contribution in [3.8, 4) is 0 Å². The lowest BCUT2D eigenvalue weighted by atomic mass is 10.0. The maximum Gasteiger partial charge on any atom is 0.341 e. The molecule has 9 heteroatoms. The van der Waals surface area contributed by atoms with Crippen LogP contribution in [-0.2, 0) is 24.2 Å². The van der Waals surface area contributed by atoms with Crippen LogP contribution in [-0.4, -0.2) is 39.0 Å². The highest BCUT2D eigenvalue weighted by Crippen LogP contribution is 2.25. The standard InChI is InChI=1S/C18H18ClN5O3/c1-27-18(26)15-12(23-24-7-3-2-4-13(15)24)9-20-17(25)14-11(19)6-5-10-8-21-22-16(10)14/h5-6,8H,2-4,7,9H2,1H3,(H,20,25)(H,21,22). The Balaban J connectivity index is 1.63. The predicted octanol–water partition coefficient (Wildman–Crippen LogP) is 2.47. The third-order valence-electron chi connectivity index (χ3n) is 4.76. The van der Waals surface area contributed by atoms with Crippen LogP contribution in [0.3, 0.4) is 0 Å². The van der Waals surface area contributed by atoms with E-state index < -0.39 is 5.97 Å². The molecule has 2 N–H and O–H groups in total. The minimum Gasteiger partial charge on any atom is -0.465 e. The molecule has 27 heavy (non-hydrogen) atoms. The number of halogens is 1. The molecule has 1 aliphatic rings. The van der Waals surface area contributed by atoms with Gasteiger partial charge in [-0.2, -0.15) is 10.2 Å². The maximum absolute atomic E-state index is 12.8. The summed E-state index contributed by atoms with van der Waals surface area (Å²) < 4.78 is 6.75. The molecular weight excluding hydrogens is 370 g/mol. The summed E-state index contributed by atoms with van der Waals surface area (Å²) in [5.41, 5.74) is 2.70. The molecule has 3 aromatic rings. The van der Waals surface area contributed by atoms with Gasteiger partial charge in [-0.3, -0.25) is 14.6 Å². The highest BCUT2D eigenvalue weighted by Gasteiger charge is 2.26. The highest BCUT2D eigenvalue weighted by atomic mass is 35.5. The summed E-state index contributed by atoms with van der Waals surface area (Å²) in [5.74, 6) is -0.798. The van der Waals surface area contributed by atoms with Crippen LogP contribution < -0.4 is 5.32 Å². The number of esters is 1. The zero-order valence-electron chi connectivity index (χ0n) is 14.7. The number of nitrogens with zero attached hydrogens (tertiary/aromatic N) is 3. The molecule has 3 heterocycles. The van der Waals surface area contributed by atoms with Crippen LogP contribution in [0.25, 0.3) is 10.9 Å². The Kier molecular flexibility index (Phi) is 4.57. The van der Waals surface area contributed by atoms with E-state index in [1.165, 1.54) is 7.11 Å². The molecule has 0 bridgehead atoms. The second kappa shape index (κ2) is 7.03. The largest absolute Gasteiger partial charge is 0.465 e. The number of H-pyrrole nitrogens is 1. The molecular formula is C18H18ClN5O3. The Bertz CT molecular complexity index is 1040. The molecule has 0 fully saturated rings. The number of amides is 1. The highest BCUT2D eigenvalue weighted by molar-refractivity contribution is 6.35. The van der Waals surface area contributed by atoms with Crippen LogP contribution >= 0.6 is 11.6 Å². The van der Waals surface area contributed by atoms with E-state index in [1.807, 2.05) is 4.68 Å². The minimum absolute atomic E-state index is 0.101. The third kappa shape index (κ3) is 3.06. The Labute approximate surface area is 159 Å². The first-order chi connectivity index (χ1) is 13.1. The molecule has 1 aromatic carbocycles. The Hall–Kier alpha value is -2.87. The van der Waals surface area contributed by atoms with Crippen molar-refractivity contribution in [1.82, 2.24) is 25.3 Å². The second-order valence-electron chi connectivity index (χ2n) is 6.38. The van der Waals surface area contributed by atoms with Crippen LogP contribution in [0.5, 0.6) is 0 Å². The van der Waals surface area contributed by atoms with Gasteiger partial charge in [0.15, 0.2) is 0 Å². The molecule has 0 aliphatic carbocycles. The minimum atomic E-state index is -0.434. The monoisotopic (exact) mass is 387 g/mol. The van der Waals surface area contributed by atoms with Gasteiger partial charge in [0, 0.05) is 11.9 Å². The SMILES string of the molecule is COC(=O)c1c(CNC(=O)c2c(Cl)ccc3cn[nH]c23)nn2c1CCCC2. The summed E-state index contributed by atoms with van der Waals surface area (Å²) in [4.78, 5) is 25.0. The van der Waals surface area contributed by atoms with E-state index in [0.717, 1.165) is 36.9 Å². The number of carbonyl (C=O) groups excluding carboxylic acids is 2. The molecule has 2 aromatic heterocycles. The van der Waals surface area contributed by atoms with Crippen molar-refractivity contribution in [3.63, 3.8) is 0 Å². The first-order valence-electron chi connectivity index (χ1n) is 8.66. The quantitative estimate of drug-likeness (QED) is 0.669. The molecule has 140 valence electrons. The fourth-order valence-corrected chi connectivity index (χ4v) is 3.71. The van der Waals surface area contributed by atoms with Crippen molar-refractivity contribution in [3.05, 3.63) is 45.9 Å². The van der Waals surface area contributed by atoms with E-state index in [4.69, 9.17) is 16.3 Å². The van der Waals surface area contributed by atoms with Crippen LogP contribution in [0.1, 0.15) is 44.9 Å².